The number of benzene rings is 2. The number of aromatic nitrogens is 1. The summed E-state index contributed by atoms with van der Waals surface area (Å²) in [7, 11) is 1.72. The van der Waals surface area contributed by atoms with Gasteiger partial charge < -0.3 is 4.74 Å². The SMILES string of the molecule is COc1cccc2c1C(Cc1c(Cl)cncc1Cl)=NCC2CCCCCCc1ccccc1. The Bertz CT molecular complexity index is 1080. The van der Waals surface area contributed by atoms with Gasteiger partial charge in [-0.1, -0.05) is 84.9 Å². The summed E-state index contributed by atoms with van der Waals surface area (Å²) in [6.07, 6.45) is 11.1. The zero-order valence-corrected chi connectivity index (χ0v) is 20.6. The van der Waals surface area contributed by atoms with Gasteiger partial charge in [0.05, 0.1) is 22.9 Å². The Morgan fingerprint density at radius 1 is 0.909 bits per heavy atom. The minimum atomic E-state index is 0.413. The predicted octanol–water partition coefficient (Wildman–Crippen LogP) is 7.72. The standard InChI is InChI=1S/C28H30Cl2N2O/c1-33-27-15-9-14-22-21(13-8-3-2-5-10-20-11-6-4-7-12-20)17-32-26(28(22)27)16-23-24(29)18-31-19-25(23)30/h4,6-7,9,11-12,14-15,18-19,21H,2-3,5,8,10,13,16-17H2,1H3. The van der Waals surface area contributed by atoms with Crippen LogP contribution in [0.1, 0.15) is 60.3 Å². The normalized spacial score (nSPS) is 15.1. The van der Waals surface area contributed by atoms with Gasteiger partial charge in [0.1, 0.15) is 5.75 Å². The number of ether oxygens (including phenoxy) is 1. The maximum absolute atomic E-state index is 6.39. The molecule has 2 aromatic carbocycles. The molecule has 0 aliphatic carbocycles. The summed E-state index contributed by atoms with van der Waals surface area (Å²) in [6.45, 7) is 0.792. The second-order valence-electron chi connectivity index (χ2n) is 8.61. The van der Waals surface area contributed by atoms with E-state index in [1.807, 2.05) is 6.07 Å². The van der Waals surface area contributed by atoms with Crippen molar-refractivity contribution in [2.24, 2.45) is 4.99 Å². The second kappa shape index (κ2) is 11.7. The van der Waals surface area contributed by atoms with Crippen LogP contribution < -0.4 is 4.74 Å². The van der Waals surface area contributed by atoms with E-state index in [9.17, 15) is 0 Å². The molecule has 0 fully saturated rings. The van der Waals surface area contributed by atoms with Crippen molar-refractivity contribution in [2.45, 2.75) is 50.9 Å². The molecule has 1 aliphatic heterocycles. The molecule has 1 aromatic heterocycles. The molecule has 0 spiro atoms. The van der Waals surface area contributed by atoms with Crippen molar-refractivity contribution < 1.29 is 4.74 Å². The highest BCUT2D eigenvalue weighted by atomic mass is 35.5. The summed E-state index contributed by atoms with van der Waals surface area (Å²) in [5.74, 6) is 1.27. The van der Waals surface area contributed by atoms with Gasteiger partial charge in [-0.05, 0) is 42.0 Å². The summed E-state index contributed by atoms with van der Waals surface area (Å²) in [5.41, 5.74) is 5.70. The Morgan fingerprint density at radius 2 is 1.67 bits per heavy atom. The van der Waals surface area contributed by atoms with E-state index in [1.165, 1.54) is 36.8 Å². The number of methoxy groups -OCH3 is 1. The zero-order valence-electron chi connectivity index (χ0n) is 19.1. The molecule has 1 unspecified atom stereocenters. The molecule has 5 heteroatoms. The van der Waals surface area contributed by atoms with E-state index in [2.05, 4.69) is 47.4 Å². The minimum Gasteiger partial charge on any atom is -0.496 e. The van der Waals surface area contributed by atoms with Gasteiger partial charge in [-0.2, -0.15) is 0 Å². The third-order valence-electron chi connectivity index (χ3n) is 6.42. The molecule has 1 atom stereocenters. The lowest BCUT2D eigenvalue weighted by Crippen LogP contribution is -2.21. The van der Waals surface area contributed by atoms with Crippen molar-refractivity contribution in [3.63, 3.8) is 0 Å². The molecule has 2 heterocycles. The molecule has 0 saturated heterocycles. The monoisotopic (exact) mass is 480 g/mol. The van der Waals surface area contributed by atoms with E-state index in [0.717, 1.165) is 42.0 Å². The van der Waals surface area contributed by atoms with Crippen molar-refractivity contribution in [1.82, 2.24) is 4.98 Å². The van der Waals surface area contributed by atoms with E-state index >= 15 is 0 Å². The number of fused-ring (bicyclic) bond motifs is 1. The third kappa shape index (κ3) is 5.96. The molecule has 4 rings (SSSR count). The van der Waals surface area contributed by atoms with Crippen molar-refractivity contribution in [3.8, 4) is 5.75 Å². The van der Waals surface area contributed by atoms with Crippen LogP contribution in [0.4, 0.5) is 0 Å². The Balaban J connectivity index is 1.40. The molecule has 0 saturated carbocycles. The van der Waals surface area contributed by atoms with Crippen LogP contribution in [0.3, 0.4) is 0 Å². The summed E-state index contributed by atoms with van der Waals surface area (Å²) in [6, 6.07) is 17.1. The van der Waals surface area contributed by atoms with E-state index < -0.39 is 0 Å². The number of pyridine rings is 1. The molecule has 3 nitrogen and oxygen atoms in total. The van der Waals surface area contributed by atoms with Crippen LogP contribution in [-0.2, 0) is 12.8 Å². The molecular formula is C28H30Cl2N2O. The first-order valence-electron chi connectivity index (χ1n) is 11.7. The largest absolute Gasteiger partial charge is 0.496 e. The lowest BCUT2D eigenvalue weighted by molar-refractivity contribution is 0.411. The first-order valence-corrected chi connectivity index (χ1v) is 12.5. The first kappa shape index (κ1) is 23.8. The summed E-state index contributed by atoms with van der Waals surface area (Å²) in [4.78, 5) is 9.06. The highest BCUT2D eigenvalue weighted by molar-refractivity contribution is 6.36. The van der Waals surface area contributed by atoms with Crippen LogP contribution in [-0.4, -0.2) is 24.4 Å². The number of hydrogen-bond acceptors (Lipinski definition) is 3. The van der Waals surface area contributed by atoms with Crippen molar-refractivity contribution >= 4 is 28.9 Å². The summed E-state index contributed by atoms with van der Waals surface area (Å²) in [5, 5.41) is 1.14. The smallest absolute Gasteiger partial charge is 0.128 e. The van der Waals surface area contributed by atoms with Crippen LogP contribution >= 0.6 is 23.2 Å². The lowest BCUT2D eigenvalue weighted by Gasteiger charge is -2.27. The van der Waals surface area contributed by atoms with Gasteiger partial charge in [-0.3, -0.25) is 9.98 Å². The molecular weight excluding hydrogens is 451 g/mol. The van der Waals surface area contributed by atoms with Gasteiger partial charge in [0, 0.05) is 36.8 Å². The fourth-order valence-corrected chi connectivity index (χ4v) is 5.15. The second-order valence-corrected chi connectivity index (χ2v) is 9.42. The summed E-state index contributed by atoms with van der Waals surface area (Å²) < 4.78 is 5.73. The number of aryl methyl sites for hydroxylation is 1. The predicted molar refractivity (Wildman–Crippen MR) is 138 cm³/mol. The van der Waals surface area contributed by atoms with Crippen LogP contribution in [0.25, 0.3) is 0 Å². The highest BCUT2D eigenvalue weighted by Gasteiger charge is 2.26. The van der Waals surface area contributed by atoms with Crippen LogP contribution in [0.15, 0.2) is 65.9 Å². The first-order chi connectivity index (χ1) is 16.2. The Kier molecular flexibility index (Phi) is 8.41. The molecule has 33 heavy (non-hydrogen) atoms. The fourth-order valence-electron chi connectivity index (χ4n) is 4.65. The van der Waals surface area contributed by atoms with Gasteiger partial charge >= 0.3 is 0 Å². The van der Waals surface area contributed by atoms with Gasteiger partial charge in [-0.15, -0.1) is 0 Å². The van der Waals surface area contributed by atoms with E-state index in [-0.39, 0.29) is 0 Å². The van der Waals surface area contributed by atoms with Crippen molar-refractivity contribution in [3.05, 3.63) is 93.2 Å². The average Bonchev–Trinajstić information content (AvgIpc) is 2.84. The van der Waals surface area contributed by atoms with Crippen LogP contribution in [0.2, 0.25) is 10.0 Å². The fraction of sp³-hybridized carbons (Fsp3) is 0.357. The van der Waals surface area contributed by atoms with Gasteiger partial charge in [0.15, 0.2) is 0 Å². The molecule has 3 aromatic rings. The average molecular weight is 481 g/mol. The number of halogens is 2. The van der Waals surface area contributed by atoms with Crippen molar-refractivity contribution in [2.75, 3.05) is 13.7 Å². The minimum absolute atomic E-state index is 0.413. The number of hydrogen-bond donors (Lipinski definition) is 0. The van der Waals surface area contributed by atoms with Crippen molar-refractivity contribution in [1.29, 1.82) is 0 Å². The highest BCUT2D eigenvalue weighted by Crippen LogP contribution is 2.37. The summed E-state index contributed by atoms with van der Waals surface area (Å²) >= 11 is 12.8. The maximum Gasteiger partial charge on any atom is 0.128 e. The Morgan fingerprint density at radius 3 is 2.42 bits per heavy atom. The van der Waals surface area contributed by atoms with E-state index in [1.54, 1.807) is 19.5 Å². The molecule has 0 N–H and O–H groups in total. The molecule has 0 bridgehead atoms. The molecule has 0 amide bonds. The molecule has 172 valence electrons. The quantitative estimate of drug-likeness (QED) is 0.278. The van der Waals surface area contributed by atoms with Gasteiger partial charge in [0.2, 0.25) is 0 Å². The topological polar surface area (TPSA) is 34.5 Å². The van der Waals surface area contributed by atoms with Gasteiger partial charge in [-0.25, -0.2) is 0 Å². The van der Waals surface area contributed by atoms with Crippen LogP contribution in [0.5, 0.6) is 5.75 Å². The molecule has 1 aliphatic rings. The van der Waals surface area contributed by atoms with Crippen LogP contribution in [0, 0.1) is 0 Å². The maximum atomic E-state index is 6.39. The number of rotatable bonds is 10. The van der Waals surface area contributed by atoms with E-state index in [0.29, 0.717) is 22.4 Å². The Hall–Kier alpha value is -2.36. The van der Waals surface area contributed by atoms with E-state index in [4.69, 9.17) is 32.9 Å². The number of nitrogens with zero attached hydrogens (tertiary/aromatic N) is 2. The lowest BCUT2D eigenvalue weighted by atomic mass is 9.84. The Labute approximate surface area is 206 Å². The molecule has 0 radical (unpaired) electrons. The number of aliphatic imine (C=N–C) groups is 1. The third-order valence-corrected chi connectivity index (χ3v) is 7.07. The van der Waals surface area contributed by atoms with Gasteiger partial charge in [0.25, 0.3) is 0 Å². The number of unbranched alkanes of at least 4 members (excludes halogenated alkanes) is 3. The zero-order chi connectivity index (χ0) is 23.0.